The summed E-state index contributed by atoms with van der Waals surface area (Å²) in [5, 5.41) is 2.80. The van der Waals surface area contributed by atoms with Gasteiger partial charge in [0.05, 0.1) is 0 Å². The van der Waals surface area contributed by atoms with Crippen molar-refractivity contribution in [3.05, 3.63) is 11.3 Å². The summed E-state index contributed by atoms with van der Waals surface area (Å²) in [6.45, 7) is 1.96. The smallest absolute Gasteiger partial charge is 0.224 e. The minimum absolute atomic E-state index is 0.0564. The summed E-state index contributed by atoms with van der Waals surface area (Å²) in [5.41, 5.74) is 1.77. The van der Waals surface area contributed by atoms with Gasteiger partial charge in [0.1, 0.15) is 0 Å². The van der Waals surface area contributed by atoms with Crippen LogP contribution in [0.15, 0.2) is 11.3 Å². The molecule has 1 N–H and O–H groups in total. The molecule has 1 heterocycles. The quantitative estimate of drug-likeness (QED) is 0.606. The molecule has 1 aliphatic heterocycles. The summed E-state index contributed by atoms with van der Waals surface area (Å²) in [7, 11) is 0. The molecule has 0 bridgehead atoms. The maximum atomic E-state index is 11.5. The summed E-state index contributed by atoms with van der Waals surface area (Å²) in [5.74, 6) is 0.409. The molecule has 0 saturated carbocycles. The lowest BCUT2D eigenvalue weighted by Crippen LogP contribution is -2.36. The fourth-order valence-corrected chi connectivity index (χ4v) is 2.16. The average Bonchev–Trinajstić information content (AvgIpc) is 2.02. The molecule has 0 fully saturated rings. The van der Waals surface area contributed by atoms with Crippen LogP contribution in [0.5, 0.6) is 0 Å². The summed E-state index contributed by atoms with van der Waals surface area (Å²) in [4.78, 5) is 22.7. The third-order valence-electron chi connectivity index (χ3n) is 2.73. The van der Waals surface area contributed by atoms with Gasteiger partial charge in [0, 0.05) is 24.1 Å². The predicted octanol–water partition coefficient (Wildman–Crippen LogP) is 1.15. The number of amides is 1. The second kappa shape index (κ2) is 2.98. The van der Waals surface area contributed by atoms with Crippen LogP contribution in [-0.2, 0) is 9.59 Å². The Kier molecular flexibility index (Phi) is 1.94. The Hall–Kier alpha value is -1.12. The van der Waals surface area contributed by atoms with E-state index in [1.807, 2.05) is 6.92 Å². The Morgan fingerprint density at radius 2 is 2.08 bits per heavy atom. The highest BCUT2D eigenvalue weighted by Gasteiger charge is 2.30. The first-order chi connectivity index (χ1) is 6.18. The minimum Gasteiger partial charge on any atom is -0.329 e. The summed E-state index contributed by atoms with van der Waals surface area (Å²) in [6, 6.07) is 0. The lowest BCUT2D eigenvalue weighted by Gasteiger charge is -2.28. The van der Waals surface area contributed by atoms with Crippen LogP contribution < -0.4 is 5.32 Å². The molecule has 1 aliphatic carbocycles. The summed E-state index contributed by atoms with van der Waals surface area (Å²) >= 11 is 0. The van der Waals surface area contributed by atoms with Crippen molar-refractivity contribution in [3.63, 3.8) is 0 Å². The minimum atomic E-state index is 0.0564. The van der Waals surface area contributed by atoms with Crippen molar-refractivity contribution in [2.45, 2.75) is 32.6 Å². The van der Waals surface area contributed by atoms with Gasteiger partial charge in [-0.25, -0.2) is 0 Å². The number of carbonyl (C=O) groups is 2. The van der Waals surface area contributed by atoms with Gasteiger partial charge in [0.25, 0.3) is 0 Å². The molecule has 2 rings (SSSR count). The van der Waals surface area contributed by atoms with E-state index in [9.17, 15) is 9.59 Å². The van der Waals surface area contributed by atoms with Gasteiger partial charge in [-0.05, 0) is 18.8 Å². The van der Waals surface area contributed by atoms with Gasteiger partial charge in [-0.3, -0.25) is 9.59 Å². The van der Waals surface area contributed by atoms with E-state index >= 15 is 0 Å². The highest BCUT2D eigenvalue weighted by atomic mass is 16.2. The van der Waals surface area contributed by atoms with Crippen molar-refractivity contribution in [1.29, 1.82) is 0 Å². The third kappa shape index (κ3) is 1.39. The topological polar surface area (TPSA) is 46.2 Å². The molecule has 13 heavy (non-hydrogen) atoms. The van der Waals surface area contributed by atoms with E-state index in [1.165, 1.54) is 0 Å². The Morgan fingerprint density at radius 1 is 1.31 bits per heavy atom. The summed E-state index contributed by atoms with van der Waals surface area (Å²) < 4.78 is 0. The van der Waals surface area contributed by atoms with E-state index in [0.29, 0.717) is 12.8 Å². The van der Waals surface area contributed by atoms with Crippen LogP contribution >= 0.6 is 0 Å². The number of rotatable bonds is 0. The second-order valence-corrected chi connectivity index (χ2v) is 3.82. The first-order valence-electron chi connectivity index (χ1n) is 4.74. The molecule has 0 aromatic carbocycles. The van der Waals surface area contributed by atoms with Gasteiger partial charge in [-0.15, -0.1) is 0 Å². The fraction of sp³-hybridized carbons (Fsp3) is 0.600. The molecule has 3 heteroatoms. The van der Waals surface area contributed by atoms with Gasteiger partial charge >= 0.3 is 0 Å². The fourth-order valence-electron chi connectivity index (χ4n) is 2.16. The number of nitrogens with one attached hydrogen (secondary N) is 1. The van der Waals surface area contributed by atoms with Crippen molar-refractivity contribution in [1.82, 2.24) is 5.32 Å². The lowest BCUT2D eigenvalue weighted by molar-refractivity contribution is -0.122. The molecule has 1 amide bonds. The van der Waals surface area contributed by atoms with Crippen LogP contribution in [0.25, 0.3) is 0 Å². The molecular weight excluding hydrogens is 166 g/mol. The van der Waals surface area contributed by atoms with Crippen molar-refractivity contribution in [3.8, 4) is 0 Å². The van der Waals surface area contributed by atoms with Gasteiger partial charge < -0.3 is 5.32 Å². The van der Waals surface area contributed by atoms with E-state index in [0.717, 1.165) is 24.1 Å². The van der Waals surface area contributed by atoms with Crippen molar-refractivity contribution < 1.29 is 9.59 Å². The second-order valence-electron chi connectivity index (χ2n) is 3.82. The van der Waals surface area contributed by atoms with Crippen molar-refractivity contribution >= 4 is 11.7 Å². The lowest BCUT2D eigenvalue weighted by atomic mass is 9.83. The van der Waals surface area contributed by atoms with E-state index in [2.05, 4.69) is 5.32 Å². The summed E-state index contributed by atoms with van der Waals surface area (Å²) in [6.07, 6.45) is 2.85. The van der Waals surface area contributed by atoms with Crippen LogP contribution in [0.1, 0.15) is 32.6 Å². The zero-order valence-corrected chi connectivity index (χ0v) is 7.72. The maximum absolute atomic E-state index is 11.5. The van der Waals surface area contributed by atoms with Crippen molar-refractivity contribution in [2.75, 3.05) is 0 Å². The molecule has 0 spiro atoms. The van der Waals surface area contributed by atoms with Gasteiger partial charge in [0.15, 0.2) is 5.78 Å². The monoisotopic (exact) mass is 179 g/mol. The predicted molar refractivity (Wildman–Crippen MR) is 47.8 cm³/mol. The van der Waals surface area contributed by atoms with Crippen LogP contribution in [-0.4, -0.2) is 11.7 Å². The Morgan fingerprint density at radius 3 is 2.85 bits per heavy atom. The molecule has 0 saturated heterocycles. The number of ketones is 1. The van der Waals surface area contributed by atoms with E-state index < -0.39 is 0 Å². The van der Waals surface area contributed by atoms with Gasteiger partial charge in [-0.2, -0.15) is 0 Å². The van der Waals surface area contributed by atoms with Crippen LogP contribution in [0.2, 0.25) is 0 Å². The Balaban J connectivity index is 2.38. The van der Waals surface area contributed by atoms with Gasteiger partial charge in [0.2, 0.25) is 5.91 Å². The number of carbonyl (C=O) groups excluding carboxylic acids is 2. The molecule has 0 aromatic heterocycles. The van der Waals surface area contributed by atoms with Crippen LogP contribution in [0.3, 0.4) is 0 Å². The number of hydrogen-bond acceptors (Lipinski definition) is 2. The molecular formula is C10H13NO2. The average molecular weight is 179 g/mol. The van der Waals surface area contributed by atoms with Gasteiger partial charge in [-0.1, -0.05) is 6.92 Å². The first kappa shape index (κ1) is 8.48. The highest BCUT2D eigenvalue weighted by molar-refractivity contribution is 6.00. The molecule has 2 aliphatic rings. The van der Waals surface area contributed by atoms with Crippen LogP contribution in [0, 0.1) is 5.92 Å². The number of allylic oxidation sites excluding steroid dienone is 2. The Bertz CT molecular complexity index is 304. The largest absolute Gasteiger partial charge is 0.329 e. The molecule has 1 atom stereocenters. The Labute approximate surface area is 77.2 Å². The first-order valence-corrected chi connectivity index (χ1v) is 4.74. The molecule has 70 valence electrons. The standard InChI is InChI=1S/C10H13NO2/c1-6-5-9(13)11-7-3-2-4-8(12)10(6)7/h6H,2-5H2,1H3,(H,11,13). The third-order valence-corrected chi connectivity index (χ3v) is 2.73. The van der Waals surface area contributed by atoms with E-state index in [1.54, 1.807) is 0 Å². The zero-order chi connectivity index (χ0) is 9.42. The number of hydrogen-bond donors (Lipinski definition) is 1. The molecule has 0 radical (unpaired) electrons. The van der Waals surface area contributed by atoms with Crippen LogP contribution in [0.4, 0.5) is 0 Å². The van der Waals surface area contributed by atoms with E-state index in [-0.39, 0.29) is 17.6 Å². The molecule has 3 nitrogen and oxygen atoms in total. The SMILES string of the molecule is CC1CC(=O)NC2=C1C(=O)CCC2. The number of Topliss-reactive ketones (excluding diaryl/α,β-unsaturated/α-hetero) is 1. The zero-order valence-electron chi connectivity index (χ0n) is 7.72. The molecule has 0 aromatic rings. The maximum Gasteiger partial charge on any atom is 0.224 e. The van der Waals surface area contributed by atoms with E-state index in [4.69, 9.17) is 0 Å². The normalized spacial score (nSPS) is 28.5. The highest BCUT2D eigenvalue weighted by Crippen LogP contribution is 2.30. The molecule has 1 unspecified atom stereocenters. The van der Waals surface area contributed by atoms with Crippen molar-refractivity contribution in [2.24, 2.45) is 5.92 Å².